The second kappa shape index (κ2) is 41.9. The summed E-state index contributed by atoms with van der Waals surface area (Å²) in [5.41, 5.74) is 5.34. The third-order valence-electron chi connectivity index (χ3n) is 10.5. The summed E-state index contributed by atoms with van der Waals surface area (Å²) in [5.74, 6) is -2.42. The van der Waals surface area contributed by atoms with Crippen molar-refractivity contribution in [2.45, 2.75) is 244 Å². The van der Waals surface area contributed by atoms with Crippen molar-refractivity contribution in [1.82, 2.24) is 0 Å². The van der Waals surface area contributed by atoms with Crippen molar-refractivity contribution in [3.63, 3.8) is 0 Å². The number of allylic oxidation sites excluding steroid dienone is 2. The molecule has 0 heterocycles. The van der Waals surface area contributed by atoms with Gasteiger partial charge in [0.15, 0.2) is 6.10 Å². The maximum atomic E-state index is 12.7. The lowest BCUT2D eigenvalue weighted by Gasteiger charge is -2.20. The molecule has 0 aromatic heterocycles. The predicted octanol–water partition coefficient (Wildman–Crippen LogP) is 12.8. The fourth-order valence-electron chi connectivity index (χ4n) is 6.79. The number of carbonyl (C=O) groups is 3. The normalized spacial score (nSPS) is 13.7. The summed E-state index contributed by atoms with van der Waals surface area (Å²) < 4.78 is 32.7. The average molecular weight is 846 g/mol. The number of carboxylic acid groups (broad SMARTS) is 1. The molecule has 0 aromatic carbocycles. The zero-order chi connectivity index (χ0) is 42.8. The Bertz CT molecular complexity index is 1040. The zero-order valence-electron chi connectivity index (χ0n) is 37.2. The van der Waals surface area contributed by atoms with Crippen LogP contribution in [0.5, 0.6) is 0 Å². The van der Waals surface area contributed by atoms with E-state index in [0.717, 1.165) is 32.1 Å². The van der Waals surface area contributed by atoms with Gasteiger partial charge in [0.1, 0.15) is 12.6 Å². The van der Waals surface area contributed by atoms with Crippen LogP contribution in [0.4, 0.5) is 0 Å². The molecule has 342 valence electrons. The van der Waals surface area contributed by atoms with Gasteiger partial charge in [-0.1, -0.05) is 206 Å². The van der Waals surface area contributed by atoms with Crippen LogP contribution in [0.2, 0.25) is 0 Å². The van der Waals surface area contributed by atoms with Gasteiger partial charge >= 0.3 is 25.7 Å². The van der Waals surface area contributed by atoms with Gasteiger partial charge in [0, 0.05) is 12.8 Å². The number of carboxylic acids is 1. The van der Waals surface area contributed by atoms with Crippen molar-refractivity contribution in [2.24, 2.45) is 5.73 Å². The highest BCUT2D eigenvalue weighted by Crippen LogP contribution is 2.43. The van der Waals surface area contributed by atoms with E-state index >= 15 is 0 Å². The van der Waals surface area contributed by atoms with E-state index in [4.69, 9.17) is 24.8 Å². The number of ether oxygens (including phenoxy) is 2. The summed E-state index contributed by atoms with van der Waals surface area (Å²) in [5, 5.41) is 8.90. The second-order valence-electron chi connectivity index (χ2n) is 16.2. The lowest BCUT2D eigenvalue weighted by atomic mass is 10.0. The molecule has 0 aliphatic heterocycles. The molecule has 0 radical (unpaired) electrons. The predicted molar refractivity (Wildman–Crippen MR) is 236 cm³/mol. The molecule has 0 spiro atoms. The van der Waals surface area contributed by atoms with Crippen molar-refractivity contribution in [2.75, 3.05) is 19.8 Å². The molecule has 4 N–H and O–H groups in total. The third kappa shape index (κ3) is 41.0. The highest BCUT2D eigenvalue weighted by Gasteiger charge is 2.28. The Morgan fingerprint density at radius 1 is 0.517 bits per heavy atom. The van der Waals surface area contributed by atoms with E-state index in [1.807, 2.05) is 6.08 Å². The molecule has 58 heavy (non-hydrogen) atoms. The molecule has 0 fully saturated rings. The van der Waals surface area contributed by atoms with Gasteiger partial charge in [0.25, 0.3) is 0 Å². The summed E-state index contributed by atoms with van der Waals surface area (Å²) >= 11 is 0. The standard InChI is InChI=1S/C46H88NO10P/c1-3-5-7-9-11-13-15-17-19-20-21-22-24-26-28-30-32-34-36-38-45(49)57-42(40-55-58(52,53)56-41-43(47)46(50)51)39-54-44(48)37-35-33-31-29-27-25-23-18-16-14-12-10-8-6-4-2/h31,33,42-43H,3-30,32,34-41,47H2,1-2H3,(H,50,51)(H,52,53)/b33-31-. The molecule has 0 saturated heterocycles. The highest BCUT2D eigenvalue weighted by molar-refractivity contribution is 7.47. The minimum Gasteiger partial charge on any atom is -0.480 e. The molecule has 0 aromatic rings. The Labute approximate surface area is 354 Å². The van der Waals surface area contributed by atoms with Crippen LogP contribution in [0.25, 0.3) is 0 Å². The number of phosphoric ester groups is 1. The number of rotatable bonds is 45. The molecule has 0 rings (SSSR count). The van der Waals surface area contributed by atoms with Crippen LogP contribution in [0.1, 0.15) is 232 Å². The molecular formula is C46H88NO10P. The van der Waals surface area contributed by atoms with Crippen LogP contribution < -0.4 is 5.73 Å². The number of esters is 2. The molecule has 0 bridgehead atoms. The largest absolute Gasteiger partial charge is 0.480 e. The van der Waals surface area contributed by atoms with E-state index in [1.165, 1.54) is 161 Å². The maximum Gasteiger partial charge on any atom is 0.472 e. The van der Waals surface area contributed by atoms with Crippen molar-refractivity contribution in [3.8, 4) is 0 Å². The lowest BCUT2D eigenvalue weighted by Crippen LogP contribution is -2.34. The molecule has 0 aliphatic rings. The quantitative estimate of drug-likeness (QED) is 0.0230. The Balaban J connectivity index is 4.29. The van der Waals surface area contributed by atoms with Gasteiger partial charge < -0.3 is 25.2 Å². The summed E-state index contributed by atoms with van der Waals surface area (Å²) in [7, 11) is -4.72. The maximum absolute atomic E-state index is 12.7. The summed E-state index contributed by atoms with van der Waals surface area (Å²) in [4.78, 5) is 46.0. The smallest absolute Gasteiger partial charge is 0.472 e. The third-order valence-corrected chi connectivity index (χ3v) is 11.5. The van der Waals surface area contributed by atoms with Gasteiger partial charge in [0.05, 0.1) is 13.2 Å². The first-order valence-corrected chi connectivity index (χ1v) is 25.2. The number of carbonyl (C=O) groups excluding carboxylic acids is 2. The summed E-state index contributed by atoms with van der Waals surface area (Å²) in [6.45, 7) is 2.80. The minimum atomic E-state index is -4.72. The van der Waals surface area contributed by atoms with E-state index in [2.05, 4.69) is 24.4 Å². The van der Waals surface area contributed by atoms with Gasteiger partial charge in [0.2, 0.25) is 0 Å². The second-order valence-corrected chi connectivity index (χ2v) is 17.7. The number of aliphatic carboxylic acids is 1. The zero-order valence-corrected chi connectivity index (χ0v) is 38.1. The summed E-state index contributed by atoms with van der Waals surface area (Å²) in [6, 6.07) is -1.52. The van der Waals surface area contributed by atoms with Gasteiger partial charge in [-0.15, -0.1) is 0 Å². The Morgan fingerprint density at radius 2 is 0.897 bits per heavy atom. The molecule has 3 unspecified atom stereocenters. The first-order chi connectivity index (χ1) is 28.1. The first kappa shape index (κ1) is 56.2. The van der Waals surface area contributed by atoms with Gasteiger partial charge in [-0.2, -0.15) is 0 Å². The van der Waals surface area contributed by atoms with Gasteiger partial charge in [-0.05, 0) is 25.7 Å². The molecular weight excluding hydrogens is 757 g/mol. The molecule has 12 heteroatoms. The lowest BCUT2D eigenvalue weighted by molar-refractivity contribution is -0.161. The van der Waals surface area contributed by atoms with Crippen LogP contribution >= 0.6 is 7.82 Å². The van der Waals surface area contributed by atoms with Crippen molar-refractivity contribution >= 4 is 25.7 Å². The summed E-state index contributed by atoms with van der Waals surface area (Å²) in [6.07, 6.45) is 42.9. The monoisotopic (exact) mass is 846 g/mol. The number of hydrogen-bond donors (Lipinski definition) is 3. The van der Waals surface area contributed by atoms with Crippen molar-refractivity contribution in [1.29, 1.82) is 0 Å². The van der Waals surface area contributed by atoms with Crippen LogP contribution in [0, 0.1) is 0 Å². The fraction of sp³-hybridized carbons (Fsp3) is 0.891. The number of phosphoric acid groups is 1. The number of hydrogen-bond acceptors (Lipinski definition) is 9. The molecule has 3 atom stereocenters. The minimum absolute atomic E-state index is 0.143. The molecule has 0 saturated carbocycles. The Morgan fingerprint density at radius 3 is 1.33 bits per heavy atom. The van der Waals surface area contributed by atoms with Gasteiger partial charge in [-0.3, -0.25) is 23.4 Å². The SMILES string of the molecule is CCCCCCCCCCCCC/C=C\CCC(=O)OCC(COP(=O)(O)OCC(N)C(=O)O)OC(=O)CCCCCCCCCCCCCCCCCCCCC. The Kier molecular flexibility index (Phi) is 40.6. The highest BCUT2D eigenvalue weighted by atomic mass is 31.2. The van der Waals surface area contributed by atoms with E-state index < -0.39 is 51.1 Å². The van der Waals surface area contributed by atoms with Crippen LogP contribution in [0.15, 0.2) is 12.2 Å². The van der Waals surface area contributed by atoms with Crippen LogP contribution in [-0.2, 0) is 37.5 Å². The Hall–Kier alpha value is -1.78. The molecule has 0 amide bonds. The topological polar surface area (TPSA) is 172 Å². The van der Waals surface area contributed by atoms with Gasteiger partial charge in [-0.25, -0.2) is 4.57 Å². The van der Waals surface area contributed by atoms with E-state index in [-0.39, 0.29) is 19.4 Å². The van der Waals surface area contributed by atoms with Crippen LogP contribution in [0.3, 0.4) is 0 Å². The molecule has 0 aliphatic carbocycles. The van der Waals surface area contributed by atoms with Crippen LogP contribution in [-0.4, -0.2) is 59.9 Å². The van der Waals surface area contributed by atoms with E-state index in [1.54, 1.807) is 0 Å². The number of nitrogens with two attached hydrogens (primary N) is 1. The van der Waals surface area contributed by atoms with E-state index in [9.17, 15) is 23.8 Å². The molecule has 11 nitrogen and oxygen atoms in total. The fourth-order valence-corrected chi connectivity index (χ4v) is 7.57. The van der Waals surface area contributed by atoms with Crippen molar-refractivity contribution < 1.29 is 47.5 Å². The van der Waals surface area contributed by atoms with E-state index in [0.29, 0.717) is 12.8 Å². The van der Waals surface area contributed by atoms with Crippen molar-refractivity contribution in [3.05, 3.63) is 12.2 Å². The first-order valence-electron chi connectivity index (χ1n) is 23.7. The number of unbranched alkanes of at least 4 members (excludes halogenated alkanes) is 29. The average Bonchev–Trinajstić information content (AvgIpc) is 3.20.